The molecule has 0 amide bonds. The van der Waals surface area contributed by atoms with Gasteiger partial charge in [-0.3, -0.25) is 4.79 Å². The summed E-state index contributed by atoms with van der Waals surface area (Å²) in [6.45, 7) is 5.74. The van der Waals surface area contributed by atoms with E-state index in [0.717, 1.165) is 23.9 Å². The summed E-state index contributed by atoms with van der Waals surface area (Å²) < 4.78 is 6.05. The smallest absolute Gasteiger partial charge is 0.203 e. The van der Waals surface area contributed by atoms with Gasteiger partial charge < -0.3 is 10.2 Å². The first kappa shape index (κ1) is 15.9. The van der Waals surface area contributed by atoms with E-state index in [1.54, 1.807) is 6.92 Å². The molecular weight excluding hydrogens is 288 g/mol. The van der Waals surface area contributed by atoms with Gasteiger partial charge in [0, 0.05) is 6.04 Å². The summed E-state index contributed by atoms with van der Waals surface area (Å²) in [6, 6.07) is 7.38. The molecule has 23 heavy (non-hydrogen) atoms. The summed E-state index contributed by atoms with van der Waals surface area (Å²) >= 11 is 0. The molecule has 3 atom stereocenters. The van der Waals surface area contributed by atoms with Crippen molar-refractivity contribution >= 4 is 16.9 Å². The fourth-order valence-electron chi connectivity index (χ4n) is 3.95. The monoisotopic (exact) mass is 312 g/mol. The number of nitrogens with two attached hydrogens (primary N) is 1. The van der Waals surface area contributed by atoms with Gasteiger partial charge in [-0.15, -0.1) is 0 Å². The first-order valence-corrected chi connectivity index (χ1v) is 8.30. The Morgan fingerprint density at radius 1 is 1.35 bits per heavy atom. The number of benzene rings is 1. The number of carbonyl (C=O) groups is 1. The Balaban J connectivity index is 2.17. The summed E-state index contributed by atoms with van der Waals surface area (Å²) in [6.07, 6.45) is 6.28. The van der Waals surface area contributed by atoms with Crippen molar-refractivity contribution in [1.82, 2.24) is 4.98 Å². The Morgan fingerprint density at radius 3 is 2.70 bits per heavy atom. The summed E-state index contributed by atoms with van der Waals surface area (Å²) in [5, 5.41) is 0. The predicted molar refractivity (Wildman–Crippen MR) is 91.1 cm³/mol. The second kappa shape index (κ2) is 5.60. The van der Waals surface area contributed by atoms with Crippen molar-refractivity contribution in [3.8, 4) is 0 Å². The molecular formula is C19H24N2O2. The number of rotatable bonds is 4. The van der Waals surface area contributed by atoms with E-state index in [2.05, 4.69) is 13.0 Å². The fraction of sp³-hybridized carbons (Fsp3) is 0.474. The summed E-state index contributed by atoms with van der Waals surface area (Å²) in [4.78, 5) is 17.1. The molecule has 1 heterocycles. The van der Waals surface area contributed by atoms with Crippen LogP contribution in [0.4, 0.5) is 0 Å². The number of hydrogen-bond donors (Lipinski definition) is 1. The lowest BCUT2D eigenvalue weighted by Gasteiger charge is -2.47. The number of aromatic nitrogens is 1. The van der Waals surface area contributed by atoms with E-state index in [1.807, 2.05) is 37.3 Å². The van der Waals surface area contributed by atoms with Gasteiger partial charge in [0.25, 0.3) is 0 Å². The maximum Gasteiger partial charge on any atom is 0.203 e. The lowest BCUT2D eigenvalue weighted by Crippen LogP contribution is -2.59. The average Bonchev–Trinajstić information content (AvgIpc) is 2.99. The molecule has 4 heteroatoms. The molecule has 1 aromatic heterocycles. The molecule has 0 bridgehead atoms. The molecule has 0 saturated carbocycles. The van der Waals surface area contributed by atoms with Crippen LogP contribution >= 0.6 is 0 Å². The van der Waals surface area contributed by atoms with E-state index >= 15 is 0 Å². The molecule has 3 rings (SSSR count). The molecule has 4 nitrogen and oxygen atoms in total. The Bertz CT molecular complexity index is 731. The number of nitrogens with zero attached hydrogens (tertiary/aromatic N) is 1. The van der Waals surface area contributed by atoms with Crippen LogP contribution in [0.1, 0.15) is 45.9 Å². The molecule has 3 unspecified atom stereocenters. The van der Waals surface area contributed by atoms with E-state index in [1.165, 1.54) is 0 Å². The van der Waals surface area contributed by atoms with Crippen molar-refractivity contribution in [3.63, 3.8) is 0 Å². The van der Waals surface area contributed by atoms with Crippen molar-refractivity contribution in [1.29, 1.82) is 0 Å². The minimum absolute atomic E-state index is 0.109. The maximum absolute atomic E-state index is 12.4. The Morgan fingerprint density at radius 2 is 2.09 bits per heavy atom. The molecule has 2 aromatic rings. The van der Waals surface area contributed by atoms with Gasteiger partial charge in [-0.05, 0) is 38.3 Å². The Labute approximate surface area is 136 Å². The minimum atomic E-state index is -0.644. The van der Waals surface area contributed by atoms with Gasteiger partial charge in [0.1, 0.15) is 11.3 Å². The van der Waals surface area contributed by atoms with Crippen LogP contribution in [0.15, 0.2) is 40.8 Å². The lowest BCUT2D eigenvalue weighted by atomic mass is 9.58. The topological polar surface area (TPSA) is 69.1 Å². The van der Waals surface area contributed by atoms with Gasteiger partial charge in [-0.25, -0.2) is 4.98 Å². The lowest BCUT2D eigenvalue weighted by molar-refractivity contribution is -0.126. The Hall–Kier alpha value is -1.94. The van der Waals surface area contributed by atoms with E-state index in [-0.39, 0.29) is 11.8 Å². The van der Waals surface area contributed by atoms with Gasteiger partial charge in [0.2, 0.25) is 5.89 Å². The van der Waals surface area contributed by atoms with Crippen LogP contribution in [0.3, 0.4) is 0 Å². The highest BCUT2D eigenvalue weighted by atomic mass is 16.3. The van der Waals surface area contributed by atoms with Crippen molar-refractivity contribution in [2.24, 2.45) is 11.1 Å². The quantitative estimate of drug-likeness (QED) is 0.873. The average molecular weight is 312 g/mol. The van der Waals surface area contributed by atoms with Gasteiger partial charge in [0.15, 0.2) is 5.58 Å². The molecule has 0 spiro atoms. The second-order valence-electron chi connectivity index (χ2n) is 6.53. The highest BCUT2D eigenvalue weighted by Crippen LogP contribution is 2.48. The zero-order chi connectivity index (χ0) is 16.7. The van der Waals surface area contributed by atoms with Crippen LogP contribution in [-0.2, 0) is 10.2 Å². The Kier molecular flexibility index (Phi) is 3.88. The van der Waals surface area contributed by atoms with Gasteiger partial charge in [0.05, 0.1) is 10.8 Å². The zero-order valence-corrected chi connectivity index (χ0v) is 14.0. The van der Waals surface area contributed by atoms with Crippen molar-refractivity contribution in [2.45, 2.75) is 51.5 Å². The molecule has 1 aliphatic carbocycles. The van der Waals surface area contributed by atoms with Gasteiger partial charge in [-0.1, -0.05) is 38.1 Å². The number of Topliss-reactive ketones (excluding diaryl/α,β-unsaturated/α-hetero) is 1. The molecule has 1 aromatic carbocycles. The molecule has 0 saturated heterocycles. The number of fused-ring (bicyclic) bond motifs is 1. The van der Waals surface area contributed by atoms with Gasteiger partial charge in [-0.2, -0.15) is 0 Å². The summed E-state index contributed by atoms with van der Waals surface area (Å²) in [5.74, 6) is 0.759. The maximum atomic E-state index is 12.4. The van der Waals surface area contributed by atoms with Crippen molar-refractivity contribution in [3.05, 3.63) is 42.3 Å². The number of para-hydroxylation sites is 2. The van der Waals surface area contributed by atoms with Gasteiger partial charge >= 0.3 is 0 Å². The molecule has 0 radical (unpaired) electrons. The highest BCUT2D eigenvalue weighted by Gasteiger charge is 2.53. The van der Waals surface area contributed by atoms with Crippen LogP contribution in [0.2, 0.25) is 0 Å². The summed E-state index contributed by atoms with van der Waals surface area (Å²) in [5.41, 5.74) is 7.20. The molecule has 0 aliphatic heterocycles. The van der Waals surface area contributed by atoms with E-state index in [4.69, 9.17) is 15.1 Å². The fourth-order valence-corrected chi connectivity index (χ4v) is 3.95. The normalized spacial score (nSPS) is 30.7. The standard InChI is InChI=1S/C19H24N2O2/c1-4-18(13(3)22)11-8-12-19(5-2,16(18)20)17-21-14-9-6-7-10-15(14)23-17/h6-11,16H,4-5,12,20H2,1-3H3. The SMILES string of the molecule is CCC1(C(C)=O)C=CCC(CC)(c2nc3ccccc3o2)C1N. The third-order valence-electron chi connectivity index (χ3n) is 5.64. The summed E-state index contributed by atoms with van der Waals surface area (Å²) in [7, 11) is 0. The van der Waals surface area contributed by atoms with Crippen molar-refractivity contribution in [2.75, 3.05) is 0 Å². The molecule has 0 fully saturated rings. The van der Waals surface area contributed by atoms with Crippen LogP contribution in [0.5, 0.6) is 0 Å². The molecule has 122 valence electrons. The largest absolute Gasteiger partial charge is 0.440 e. The van der Waals surface area contributed by atoms with Crippen LogP contribution in [0.25, 0.3) is 11.1 Å². The first-order valence-electron chi connectivity index (χ1n) is 8.30. The number of ketones is 1. The third kappa shape index (κ3) is 2.16. The van der Waals surface area contributed by atoms with E-state index in [9.17, 15) is 4.79 Å². The first-order chi connectivity index (χ1) is 11.0. The van der Waals surface area contributed by atoms with Crippen LogP contribution < -0.4 is 5.73 Å². The molecule has 2 N–H and O–H groups in total. The number of hydrogen-bond acceptors (Lipinski definition) is 4. The number of carbonyl (C=O) groups excluding carboxylic acids is 1. The zero-order valence-electron chi connectivity index (χ0n) is 14.0. The van der Waals surface area contributed by atoms with E-state index < -0.39 is 10.8 Å². The number of allylic oxidation sites excluding steroid dienone is 1. The minimum Gasteiger partial charge on any atom is -0.440 e. The highest BCUT2D eigenvalue weighted by molar-refractivity contribution is 5.86. The predicted octanol–water partition coefficient (Wildman–Crippen LogP) is 3.75. The second-order valence-corrected chi connectivity index (χ2v) is 6.53. The number of oxazole rings is 1. The van der Waals surface area contributed by atoms with Crippen molar-refractivity contribution < 1.29 is 9.21 Å². The van der Waals surface area contributed by atoms with Crippen LogP contribution in [-0.4, -0.2) is 16.8 Å². The third-order valence-corrected chi connectivity index (χ3v) is 5.64. The van der Waals surface area contributed by atoms with E-state index in [0.29, 0.717) is 12.3 Å². The van der Waals surface area contributed by atoms with Crippen LogP contribution in [0, 0.1) is 5.41 Å². The molecule has 1 aliphatic rings.